The van der Waals surface area contributed by atoms with E-state index in [9.17, 15) is 5.11 Å². The molecule has 0 aliphatic carbocycles. The molecule has 0 aromatic heterocycles. The highest BCUT2D eigenvalue weighted by Crippen LogP contribution is 2.03. The Morgan fingerprint density at radius 2 is 1.78 bits per heavy atom. The van der Waals surface area contributed by atoms with E-state index in [0.717, 1.165) is 6.54 Å². The van der Waals surface area contributed by atoms with Crippen molar-refractivity contribution < 1.29 is 14.6 Å². The van der Waals surface area contributed by atoms with E-state index in [-0.39, 0.29) is 0 Å². The van der Waals surface area contributed by atoms with Crippen LogP contribution in [-0.2, 0) is 9.47 Å². The van der Waals surface area contributed by atoms with Crippen molar-refractivity contribution in [2.75, 3.05) is 40.0 Å². The molecule has 2 N–H and O–H groups in total. The highest BCUT2D eigenvalue weighted by atomic mass is 16.5. The fourth-order valence-corrected chi connectivity index (χ4v) is 1.72. The molecule has 4 heteroatoms. The second-order valence-electron chi connectivity index (χ2n) is 4.69. The quantitative estimate of drug-likeness (QED) is 0.469. The van der Waals surface area contributed by atoms with Gasteiger partial charge < -0.3 is 19.9 Å². The van der Waals surface area contributed by atoms with Crippen LogP contribution in [0.25, 0.3) is 0 Å². The van der Waals surface area contributed by atoms with Gasteiger partial charge in [-0.15, -0.1) is 0 Å². The highest BCUT2D eigenvalue weighted by Gasteiger charge is 2.02. The summed E-state index contributed by atoms with van der Waals surface area (Å²) in [6, 6.07) is 0. The summed E-state index contributed by atoms with van der Waals surface area (Å²) in [6.45, 7) is 5.34. The molecule has 110 valence electrons. The predicted molar refractivity (Wildman–Crippen MR) is 74.9 cm³/mol. The molecule has 0 saturated carbocycles. The zero-order chi connectivity index (χ0) is 13.5. The molecule has 0 aromatic rings. The van der Waals surface area contributed by atoms with Gasteiger partial charge in [0.05, 0.1) is 25.9 Å². The first-order chi connectivity index (χ1) is 8.81. The van der Waals surface area contributed by atoms with Gasteiger partial charge in [-0.25, -0.2) is 0 Å². The smallest absolute Gasteiger partial charge is 0.0897 e. The molecule has 0 bridgehead atoms. The standard InChI is InChI=1S/C14H31NO3/c1-3-4-5-6-7-8-9-15-12-14(16)13-18-11-10-17-2/h14-16H,3-13H2,1-2H3. The van der Waals surface area contributed by atoms with Gasteiger partial charge in [0.15, 0.2) is 0 Å². The summed E-state index contributed by atoms with van der Waals surface area (Å²) in [5.74, 6) is 0. The first-order valence-corrected chi connectivity index (χ1v) is 7.26. The summed E-state index contributed by atoms with van der Waals surface area (Å²) in [5.41, 5.74) is 0. The lowest BCUT2D eigenvalue weighted by Gasteiger charge is -2.12. The molecule has 0 aliphatic rings. The number of unbranched alkanes of at least 4 members (excludes halogenated alkanes) is 5. The van der Waals surface area contributed by atoms with E-state index in [1.54, 1.807) is 7.11 Å². The summed E-state index contributed by atoms with van der Waals surface area (Å²) >= 11 is 0. The Labute approximate surface area is 112 Å². The van der Waals surface area contributed by atoms with E-state index < -0.39 is 6.10 Å². The number of hydrogen-bond donors (Lipinski definition) is 2. The maximum absolute atomic E-state index is 9.59. The molecule has 0 radical (unpaired) electrons. The molecule has 0 spiro atoms. The third kappa shape index (κ3) is 13.9. The number of nitrogens with one attached hydrogen (secondary N) is 1. The lowest BCUT2D eigenvalue weighted by molar-refractivity contribution is 0.0138. The Bertz CT molecular complexity index is 156. The first kappa shape index (κ1) is 17.8. The normalized spacial score (nSPS) is 12.8. The topological polar surface area (TPSA) is 50.7 Å². The van der Waals surface area contributed by atoms with E-state index >= 15 is 0 Å². The van der Waals surface area contributed by atoms with E-state index in [4.69, 9.17) is 9.47 Å². The fourth-order valence-electron chi connectivity index (χ4n) is 1.72. The van der Waals surface area contributed by atoms with Gasteiger partial charge in [0.1, 0.15) is 0 Å². The van der Waals surface area contributed by atoms with Crippen LogP contribution >= 0.6 is 0 Å². The third-order valence-corrected chi connectivity index (χ3v) is 2.83. The van der Waals surface area contributed by atoms with Crippen molar-refractivity contribution in [2.45, 2.75) is 51.6 Å². The van der Waals surface area contributed by atoms with E-state index in [2.05, 4.69) is 12.2 Å². The Balaban J connectivity index is 3.08. The van der Waals surface area contributed by atoms with Crippen molar-refractivity contribution in [1.29, 1.82) is 0 Å². The van der Waals surface area contributed by atoms with Crippen LogP contribution < -0.4 is 5.32 Å². The molecule has 0 saturated heterocycles. The van der Waals surface area contributed by atoms with Crippen LogP contribution in [0.5, 0.6) is 0 Å². The summed E-state index contributed by atoms with van der Waals surface area (Å²) in [4.78, 5) is 0. The van der Waals surface area contributed by atoms with Gasteiger partial charge in [0.25, 0.3) is 0 Å². The summed E-state index contributed by atoms with van der Waals surface area (Å²) in [5, 5.41) is 12.8. The van der Waals surface area contributed by atoms with Gasteiger partial charge in [-0.3, -0.25) is 0 Å². The highest BCUT2D eigenvalue weighted by molar-refractivity contribution is 4.58. The van der Waals surface area contributed by atoms with Gasteiger partial charge in [-0.2, -0.15) is 0 Å². The minimum absolute atomic E-state index is 0.382. The average Bonchev–Trinajstić information content (AvgIpc) is 2.38. The summed E-state index contributed by atoms with van der Waals surface area (Å²) < 4.78 is 10.1. The first-order valence-electron chi connectivity index (χ1n) is 7.26. The summed E-state index contributed by atoms with van der Waals surface area (Å²) in [7, 11) is 1.64. The zero-order valence-corrected chi connectivity index (χ0v) is 12.1. The maximum Gasteiger partial charge on any atom is 0.0897 e. The molecular weight excluding hydrogens is 230 g/mol. The number of aliphatic hydroxyl groups is 1. The lowest BCUT2D eigenvalue weighted by atomic mass is 10.1. The number of aliphatic hydroxyl groups excluding tert-OH is 1. The molecule has 0 rings (SSSR count). The molecule has 4 nitrogen and oxygen atoms in total. The molecule has 0 heterocycles. The van der Waals surface area contributed by atoms with Crippen molar-refractivity contribution >= 4 is 0 Å². The van der Waals surface area contributed by atoms with Gasteiger partial charge in [-0.1, -0.05) is 39.0 Å². The lowest BCUT2D eigenvalue weighted by Crippen LogP contribution is -2.31. The van der Waals surface area contributed by atoms with Crippen LogP contribution in [-0.4, -0.2) is 51.2 Å². The van der Waals surface area contributed by atoms with E-state index in [1.807, 2.05) is 0 Å². The van der Waals surface area contributed by atoms with Crippen molar-refractivity contribution in [3.8, 4) is 0 Å². The number of methoxy groups -OCH3 is 1. The van der Waals surface area contributed by atoms with Gasteiger partial charge >= 0.3 is 0 Å². The van der Waals surface area contributed by atoms with Gasteiger partial charge in [0, 0.05) is 13.7 Å². The second-order valence-corrected chi connectivity index (χ2v) is 4.69. The largest absolute Gasteiger partial charge is 0.389 e. The van der Waals surface area contributed by atoms with Crippen molar-refractivity contribution in [2.24, 2.45) is 0 Å². The average molecular weight is 261 g/mol. The van der Waals surface area contributed by atoms with Gasteiger partial charge in [-0.05, 0) is 13.0 Å². The Kier molecular flexibility index (Phi) is 14.8. The van der Waals surface area contributed by atoms with Crippen LogP contribution in [0.4, 0.5) is 0 Å². The molecule has 0 aliphatic heterocycles. The minimum atomic E-state index is -0.415. The fraction of sp³-hybridized carbons (Fsp3) is 1.00. The SMILES string of the molecule is CCCCCCCCNCC(O)COCCOC. The van der Waals surface area contributed by atoms with Crippen LogP contribution in [0.2, 0.25) is 0 Å². The van der Waals surface area contributed by atoms with Crippen LogP contribution in [0.15, 0.2) is 0 Å². The Hall–Kier alpha value is -0.160. The number of rotatable bonds is 14. The third-order valence-electron chi connectivity index (χ3n) is 2.83. The molecule has 0 fully saturated rings. The minimum Gasteiger partial charge on any atom is -0.389 e. The Morgan fingerprint density at radius 1 is 1.06 bits per heavy atom. The van der Waals surface area contributed by atoms with Gasteiger partial charge in [0.2, 0.25) is 0 Å². The maximum atomic E-state index is 9.59. The van der Waals surface area contributed by atoms with E-state index in [1.165, 1.54) is 38.5 Å². The second kappa shape index (κ2) is 14.9. The van der Waals surface area contributed by atoms with Crippen molar-refractivity contribution in [1.82, 2.24) is 5.32 Å². The molecular formula is C14H31NO3. The molecule has 0 aromatic carbocycles. The monoisotopic (exact) mass is 261 g/mol. The van der Waals surface area contributed by atoms with Crippen LogP contribution in [0.3, 0.4) is 0 Å². The number of hydrogen-bond acceptors (Lipinski definition) is 4. The predicted octanol–water partition coefficient (Wildman–Crippen LogP) is 1.96. The molecule has 0 amide bonds. The van der Waals surface area contributed by atoms with Crippen molar-refractivity contribution in [3.05, 3.63) is 0 Å². The molecule has 1 unspecified atom stereocenters. The van der Waals surface area contributed by atoms with Crippen LogP contribution in [0, 0.1) is 0 Å². The molecule has 18 heavy (non-hydrogen) atoms. The zero-order valence-electron chi connectivity index (χ0n) is 12.1. The van der Waals surface area contributed by atoms with Crippen LogP contribution in [0.1, 0.15) is 45.4 Å². The number of ether oxygens (including phenoxy) is 2. The summed E-state index contributed by atoms with van der Waals surface area (Å²) in [6.07, 6.45) is 7.40. The van der Waals surface area contributed by atoms with Crippen molar-refractivity contribution in [3.63, 3.8) is 0 Å². The molecule has 1 atom stereocenters. The Morgan fingerprint density at radius 3 is 2.50 bits per heavy atom. The van der Waals surface area contributed by atoms with E-state index in [0.29, 0.717) is 26.4 Å².